The standard InChI is InChI=1S/C18H18Cl2F2N2O2.ClH/c19-12-2-1-3-13(20)15(12)16-11(17(26-24-16)10-4-5-10)8-25-14-6-7-23-9-18(14,21)22;/h1-3,10,14,23H,4-9H2;1H. The van der Waals surface area contributed by atoms with E-state index >= 15 is 0 Å². The minimum absolute atomic E-state index is 0. The van der Waals surface area contributed by atoms with Gasteiger partial charge in [-0.1, -0.05) is 34.4 Å². The molecule has 0 spiro atoms. The lowest BCUT2D eigenvalue weighted by atomic mass is 10.0. The van der Waals surface area contributed by atoms with Crippen LogP contribution in [0.2, 0.25) is 10.0 Å². The lowest BCUT2D eigenvalue weighted by molar-refractivity contribution is -0.153. The van der Waals surface area contributed by atoms with Crippen LogP contribution in [0, 0.1) is 0 Å². The highest BCUT2D eigenvalue weighted by Gasteiger charge is 2.43. The number of piperidine rings is 1. The van der Waals surface area contributed by atoms with Crippen molar-refractivity contribution in [3.8, 4) is 11.3 Å². The largest absolute Gasteiger partial charge is 0.367 e. The molecule has 4 nitrogen and oxygen atoms in total. The Labute approximate surface area is 171 Å². The van der Waals surface area contributed by atoms with Gasteiger partial charge in [-0.2, -0.15) is 0 Å². The van der Waals surface area contributed by atoms with Crippen molar-refractivity contribution < 1.29 is 18.0 Å². The Balaban J connectivity index is 0.00000210. The fraction of sp³-hybridized carbons (Fsp3) is 0.500. The Morgan fingerprint density at radius 2 is 1.93 bits per heavy atom. The number of alkyl halides is 2. The Bertz CT molecular complexity index is 792. The van der Waals surface area contributed by atoms with E-state index in [2.05, 4.69) is 10.5 Å². The molecule has 2 fully saturated rings. The summed E-state index contributed by atoms with van der Waals surface area (Å²) in [5.74, 6) is -1.96. The fourth-order valence-electron chi connectivity index (χ4n) is 3.25. The molecular weight excluding hydrogens is 421 g/mol. The molecule has 148 valence electrons. The van der Waals surface area contributed by atoms with Gasteiger partial charge in [0.05, 0.1) is 23.2 Å². The van der Waals surface area contributed by atoms with Gasteiger partial charge in [-0.3, -0.25) is 0 Å². The topological polar surface area (TPSA) is 47.3 Å². The van der Waals surface area contributed by atoms with Crippen LogP contribution in [-0.4, -0.2) is 30.3 Å². The van der Waals surface area contributed by atoms with Gasteiger partial charge >= 0.3 is 0 Å². The van der Waals surface area contributed by atoms with Crippen molar-refractivity contribution in [3.63, 3.8) is 0 Å². The van der Waals surface area contributed by atoms with Crippen molar-refractivity contribution in [1.29, 1.82) is 0 Å². The summed E-state index contributed by atoms with van der Waals surface area (Å²) in [6.45, 7) is 0.120. The minimum atomic E-state index is -2.91. The molecule has 0 bridgehead atoms. The Hall–Kier alpha value is -0.920. The molecular formula is C18H19Cl3F2N2O2. The molecule has 1 atom stereocenters. The molecule has 1 aliphatic carbocycles. The van der Waals surface area contributed by atoms with E-state index in [4.69, 9.17) is 32.5 Å². The van der Waals surface area contributed by atoms with Crippen molar-refractivity contribution in [3.05, 3.63) is 39.6 Å². The number of nitrogens with one attached hydrogen (secondary N) is 1. The van der Waals surface area contributed by atoms with E-state index < -0.39 is 12.0 Å². The second-order valence-corrected chi connectivity index (χ2v) is 7.59. The molecule has 2 aromatic rings. The van der Waals surface area contributed by atoms with Crippen molar-refractivity contribution >= 4 is 35.6 Å². The van der Waals surface area contributed by atoms with Crippen LogP contribution in [0.5, 0.6) is 0 Å². The molecule has 1 unspecified atom stereocenters. The maximum Gasteiger partial charge on any atom is 0.285 e. The third kappa shape index (κ3) is 4.25. The zero-order chi connectivity index (χ0) is 18.3. The van der Waals surface area contributed by atoms with Gasteiger partial charge in [-0.25, -0.2) is 8.78 Å². The van der Waals surface area contributed by atoms with Crippen molar-refractivity contribution in [2.75, 3.05) is 13.1 Å². The first-order chi connectivity index (χ1) is 12.5. The predicted octanol–water partition coefficient (Wildman–Crippen LogP) is 5.46. The smallest absolute Gasteiger partial charge is 0.285 e. The van der Waals surface area contributed by atoms with Crippen LogP contribution in [0.15, 0.2) is 22.7 Å². The number of hydrogen-bond donors (Lipinski definition) is 1. The predicted molar refractivity (Wildman–Crippen MR) is 102 cm³/mol. The average Bonchev–Trinajstić information content (AvgIpc) is 3.35. The van der Waals surface area contributed by atoms with Gasteiger partial charge in [-0.05, 0) is 37.9 Å². The minimum Gasteiger partial charge on any atom is -0.367 e. The van der Waals surface area contributed by atoms with Crippen LogP contribution in [-0.2, 0) is 11.3 Å². The van der Waals surface area contributed by atoms with Crippen molar-refractivity contribution in [2.45, 2.75) is 43.8 Å². The number of hydrogen-bond acceptors (Lipinski definition) is 4. The molecule has 27 heavy (non-hydrogen) atoms. The summed E-state index contributed by atoms with van der Waals surface area (Å²) in [6, 6.07) is 5.15. The molecule has 1 saturated heterocycles. The number of aromatic nitrogens is 1. The molecule has 1 aliphatic heterocycles. The number of ether oxygens (including phenoxy) is 1. The van der Waals surface area contributed by atoms with Crippen LogP contribution in [0.3, 0.4) is 0 Å². The summed E-state index contributed by atoms with van der Waals surface area (Å²) in [6.07, 6.45) is 1.09. The first-order valence-electron chi connectivity index (χ1n) is 8.60. The first-order valence-corrected chi connectivity index (χ1v) is 9.36. The van der Waals surface area contributed by atoms with Gasteiger partial charge in [-0.15, -0.1) is 12.4 Å². The highest BCUT2D eigenvalue weighted by Crippen LogP contribution is 2.46. The van der Waals surface area contributed by atoms with Crippen LogP contribution in [0.1, 0.15) is 36.5 Å². The number of benzene rings is 1. The van der Waals surface area contributed by atoms with E-state index in [-0.39, 0.29) is 37.9 Å². The Kier molecular flexibility index (Phi) is 6.33. The fourth-order valence-corrected chi connectivity index (χ4v) is 3.83. The summed E-state index contributed by atoms with van der Waals surface area (Å²) in [4.78, 5) is 0. The lowest BCUT2D eigenvalue weighted by Gasteiger charge is -2.31. The molecule has 9 heteroatoms. The van der Waals surface area contributed by atoms with Gasteiger partial charge < -0.3 is 14.6 Å². The second kappa shape index (κ2) is 8.21. The third-order valence-corrected chi connectivity index (χ3v) is 5.44. The molecule has 0 radical (unpaired) electrons. The third-order valence-electron chi connectivity index (χ3n) is 4.81. The van der Waals surface area contributed by atoms with Gasteiger partial charge in [0.25, 0.3) is 5.92 Å². The second-order valence-electron chi connectivity index (χ2n) is 6.77. The molecule has 2 aliphatic rings. The zero-order valence-corrected chi connectivity index (χ0v) is 16.6. The Morgan fingerprint density at radius 3 is 2.56 bits per heavy atom. The molecule has 4 rings (SSSR count). The molecule has 0 amide bonds. The number of halogens is 5. The quantitative estimate of drug-likeness (QED) is 0.672. The lowest BCUT2D eigenvalue weighted by Crippen LogP contribution is -2.50. The van der Waals surface area contributed by atoms with E-state index in [1.54, 1.807) is 18.2 Å². The highest BCUT2D eigenvalue weighted by atomic mass is 35.5. The molecule has 1 saturated carbocycles. The normalized spacial score (nSPS) is 21.7. The summed E-state index contributed by atoms with van der Waals surface area (Å²) in [5, 5.41) is 7.70. The van der Waals surface area contributed by atoms with Gasteiger partial charge in [0.1, 0.15) is 17.6 Å². The van der Waals surface area contributed by atoms with Crippen molar-refractivity contribution in [2.24, 2.45) is 0 Å². The van der Waals surface area contributed by atoms with Gasteiger partial charge in [0.2, 0.25) is 0 Å². The van der Waals surface area contributed by atoms with Crippen LogP contribution < -0.4 is 5.32 Å². The molecule has 1 aromatic heterocycles. The summed E-state index contributed by atoms with van der Waals surface area (Å²) in [7, 11) is 0. The van der Waals surface area contributed by atoms with Crippen LogP contribution in [0.25, 0.3) is 11.3 Å². The number of rotatable bonds is 5. The van der Waals surface area contributed by atoms with E-state index in [9.17, 15) is 8.78 Å². The summed E-state index contributed by atoms with van der Waals surface area (Å²) in [5.41, 5.74) is 1.68. The SMILES string of the molecule is Cl.FC1(F)CNCCC1OCc1c(-c2c(Cl)cccc2Cl)noc1C1CC1. The Morgan fingerprint density at radius 1 is 1.22 bits per heavy atom. The van der Waals surface area contributed by atoms with Crippen LogP contribution >= 0.6 is 35.6 Å². The summed E-state index contributed by atoms with van der Waals surface area (Å²) < 4.78 is 39.3. The van der Waals surface area contributed by atoms with Gasteiger partial charge in [0, 0.05) is 17.0 Å². The zero-order valence-electron chi connectivity index (χ0n) is 14.3. The maximum absolute atomic E-state index is 14.1. The van der Waals surface area contributed by atoms with E-state index in [0.717, 1.165) is 12.8 Å². The summed E-state index contributed by atoms with van der Waals surface area (Å²) >= 11 is 12.6. The molecule has 2 heterocycles. The van der Waals surface area contributed by atoms with Gasteiger partial charge in [0.15, 0.2) is 0 Å². The number of nitrogens with zero attached hydrogens (tertiary/aromatic N) is 1. The van der Waals surface area contributed by atoms with E-state index in [1.807, 2.05) is 0 Å². The van der Waals surface area contributed by atoms with Crippen molar-refractivity contribution in [1.82, 2.24) is 10.5 Å². The monoisotopic (exact) mass is 438 g/mol. The molecule has 1 N–H and O–H groups in total. The van der Waals surface area contributed by atoms with E-state index in [1.165, 1.54) is 0 Å². The van der Waals surface area contributed by atoms with Crippen LogP contribution in [0.4, 0.5) is 8.78 Å². The van der Waals surface area contributed by atoms with E-state index in [0.29, 0.717) is 39.2 Å². The average molecular weight is 440 g/mol. The first kappa shape index (κ1) is 20.8. The molecule has 1 aromatic carbocycles. The highest BCUT2D eigenvalue weighted by molar-refractivity contribution is 6.39. The maximum atomic E-state index is 14.1.